The summed E-state index contributed by atoms with van der Waals surface area (Å²) >= 11 is 5.95. The van der Waals surface area contributed by atoms with Crippen LogP contribution in [0.4, 0.5) is 4.39 Å². The van der Waals surface area contributed by atoms with Crippen molar-refractivity contribution in [3.05, 3.63) is 64.4 Å². The van der Waals surface area contributed by atoms with Gasteiger partial charge in [-0.05, 0) is 35.9 Å². The summed E-state index contributed by atoms with van der Waals surface area (Å²) in [5, 5.41) is 7.80. The fourth-order valence-corrected chi connectivity index (χ4v) is 1.80. The number of nitrogen functional groups attached to an aromatic ring is 1. The Hall–Kier alpha value is -2.07. The normalized spacial score (nSPS) is 10.2. The lowest BCUT2D eigenvalue weighted by Crippen LogP contribution is -2.12. The van der Waals surface area contributed by atoms with Gasteiger partial charge in [0.15, 0.2) is 0 Å². The van der Waals surface area contributed by atoms with Gasteiger partial charge in [-0.1, -0.05) is 23.7 Å². The lowest BCUT2D eigenvalue weighted by Gasteiger charge is -2.09. The molecule has 3 nitrogen and oxygen atoms in total. The highest BCUT2D eigenvalue weighted by Gasteiger charge is 2.05. The minimum absolute atomic E-state index is 0.155. The molecule has 0 bridgehead atoms. The van der Waals surface area contributed by atoms with E-state index in [0.717, 1.165) is 0 Å². The van der Waals surface area contributed by atoms with E-state index in [2.05, 4.69) is 0 Å². The second-order valence-electron chi connectivity index (χ2n) is 3.98. The predicted molar refractivity (Wildman–Crippen MR) is 73.2 cm³/mol. The van der Waals surface area contributed by atoms with Crippen molar-refractivity contribution in [2.45, 2.75) is 6.61 Å². The van der Waals surface area contributed by atoms with Crippen LogP contribution < -0.4 is 10.5 Å². The molecule has 0 aliphatic carbocycles. The van der Waals surface area contributed by atoms with Crippen molar-refractivity contribution < 1.29 is 9.13 Å². The van der Waals surface area contributed by atoms with Crippen LogP contribution in [0.1, 0.15) is 11.1 Å². The lowest BCUT2D eigenvalue weighted by molar-refractivity contribution is 0.306. The molecular weight excluding hydrogens is 267 g/mol. The third-order valence-corrected chi connectivity index (χ3v) is 2.81. The summed E-state index contributed by atoms with van der Waals surface area (Å²) in [6, 6.07) is 11.2. The molecule has 5 heteroatoms. The molecule has 0 atom stereocenters. The van der Waals surface area contributed by atoms with Crippen LogP contribution in [0.25, 0.3) is 0 Å². The van der Waals surface area contributed by atoms with Crippen molar-refractivity contribution in [1.82, 2.24) is 0 Å². The second kappa shape index (κ2) is 5.71. The van der Waals surface area contributed by atoms with Gasteiger partial charge in [-0.2, -0.15) is 0 Å². The monoisotopic (exact) mass is 278 g/mol. The number of benzene rings is 2. The molecule has 2 aromatic carbocycles. The Labute approximate surface area is 115 Å². The Morgan fingerprint density at radius 1 is 1.26 bits per heavy atom. The first-order chi connectivity index (χ1) is 9.06. The number of ether oxygens (including phenoxy) is 1. The Bertz CT molecular complexity index is 616. The molecule has 0 saturated carbocycles. The molecule has 0 heterocycles. The number of para-hydroxylation sites is 1. The minimum Gasteiger partial charge on any atom is -0.487 e. The third kappa shape index (κ3) is 3.45. The van der Waals surface area contributed by atoms with E-state index < -0.39 is 5.82 Å². The number of halogens is 2. The zero-order chi connectivity index (χ0) is 13.8. The van der Waals surface area contributed by atoms with Gasteiger partial charge in [-0.15, -0.1) is 0 Å². The molecule has 98 valence electrons. The zero-order valence-corrected chi connectivity index (χ0v) is 10.7. The number of hydrogen-bond acceptors (Lipinski definition) is 2. The highest BCUT2D eigenvalue weighted by molar-refractivity contribution is 6.32. The summed E-state index contributed by atoms with van der Waals surface area (Å²) in [5.74, 6) is -0.109. The summed E-state index contributed by atoms with van der Waals surface area (Å²) in [6.07, 6.45) is 0. The average molecular weight is 279 g/mol. The Morgan fingerprint density at radius 3 is 2.68 bits per heavy atom. The Kier molecular flexibility index (Phi) is 4.02. The molecule has 0 aromatic heterocycles. The van der Waals surface area contributed by atoms with Gasteiger partial charge in [0.2, 0.25) is 0 Å². The van der Waals surface area contributed by atoms with Gasteiger partial charge in [0.1, 0.15) is 24.0 Å². The van der Waals surface area contributed by atoms with E-state index in [9.17, 15) is 4.39 Å². The number of nitrogens with one attached hydrogen (secondary N) is 1. The van der Waals surface area contributed by atoms with Crippen LogP contribution in [0.15, 0.2) is 42.5 Å². The smallest absolute Gasteiger partial charge is 0.138 e. The number of hydrogen-bond donors (Lipinski definition) is 2. The SMILES string of the molecule is N=C(N)c1cc(F)cc(COc2ccccc2Cl)c1. The van der Waals surface area contributed by atoms with Crippen molar-refractivity contribution in [3.63, 3.8) is 0 Å². The first kappa shape index (κ1) is 13.4. The summed E-state index contributed by atoms with van der Waals surface area (Å²) in [6.45, 7) is 0.155. The molecule has 0 unspecified atom stereocenters. The Morgan fingerprint density at radius 2 is 2.00 bits per heavy atom. The molecule has 0 aliphatic heterocycles. The molecule has 0 spiro atoms. The highest BCUT2D eigenvalue weighted by Crippen LogP contribution is 2.24. The first-order valence-corrected chi connectivity index (χ1v) is 5.95. The Balaban J connectivity index is 2.16. The maximum atomic E-state index is 13.4. The van der Waals surface area contributed by atoms with Crippen LogP contribution in [0.2, 0.25) is 5.02 Å². The van der Waals surface area contributed by atoms with Crippen molar-refractivity contribution in [3.8, 4) is 5.75 Å². The van der Waals surface area contributed by atoms with Crippen LogP contribution in [0.5, 0.6) is 5.75 Å². The quantitative estimate of drug-likeness (QED) is 0.666. The summed E-state index contributed by atoms with van der Waals surface area (Å²) in [7, 11) is 0. The predicted octanol–water partition coefficient (Wildman–Crippen LogP) is 3.34. The van der Waals surface area contributed by atoms with Crippen molar-refractivity contribution in [2.24, 2.45) is 5.73 Å². The van der Waals surface area contributed by atoms with Crippen molar-refractivity contribution in [1.29, 1.82) is 5.41 Å². The van der Waals surface area contributed by atoms with Crippen LogP contribution in [-0.4, -0.2) is 5.84 Å². The van der Waals surface area contributed by atoms with Crippen LogP contribution in [0, 0.1) is 11.2 Å². The van der Waals surface area contributed by atoms with Crippen LogP contribution >= 0.6 is 11.6 Å². The maximum Gasteiger partial charge on any atom is 0.138 e. The second-order valence-corrected chi connectivity index (χ2v) is 4.39. The number of amidine groups is 1. The molecule has 0 radical (unpaired) electrons. The third-order valence-electron chi connectivity index (χ3n) is 2.50. The van der Waals surface area contributed by atoms with E-state index in [1.807, 2.05) is 0 Å². The summed E-state index contributed by atoms with van der Waals surface area (Å²) in [4.78, 5) is 0. The van der Waals surface area contributed by atoms with E-state index in [1.54, 1.807) is 30.3 Å². The molecule has 0 saturated heterocycles. The maximum absolute atomic E-state index is 13.4. The zero-order valence-electron chi connectivity index (χ0n) is 9.99. The lowest BCUT2D eigenvalue weighted by atomic mass is 10.1. The van der Waals surface area contributed by atoms with Gasteiger partial charge < -0.3 is 10.5 Å². The number of rotatable bonds is 4. The van der Waals surface area contributed by atoms with E-state index >= 15 is 0 Å². The molecule has 0 aliphatic rings. The number of nitrogens with two attached hydrogens (primary N) is 1. The van der Waals surface area contributed by atoms with Crippen LogP contribution in [0.3, 0.4) is 0 Å². The standard InChI is InChI=1S/C14H12ClFN2O/c15-12-3-1-2-4-13(12)19-8-9-5-10(14(17)18)7-11(16)6-9/h1-7H,8H2,(H3,17,18). The molecule has 0 amide bonds. The van der Waals surface area contributed by atoms with Gasteiger partial charge in [0, 0.05) is 5.56 Å². The fourth-order valence-electron chi connectivity index (χ4n) is 1.61. The molecule has 0 fully saturated rings. The van der Waals surface area contributed by atoms with Gasteiger partial charge in [0.25, 0.3) is 0 Å². The van der Waals surface area contributed by atoms with Gasteiger partial charge in [-0.25, -0.2) is 4.39 Å². The minimum atomic E-state index is -0.453. The highest BCUT2D eigenvalue weighted by atomic mass is 35.5. The molecule has 3 N–H and O–H groups in total. The van der Waals surface area contributed by atoms with E-state index in [4.69, 9.17) is 27.5 Å². The average Bonchev–Trinajstić information content (AvgIpc) is 2.37. The van der Waals surface area contributed by atoms with Gasteiger partial charge >= 0.3 is 0 Å². The van der Waals surface area contributed by atoms with E-state index in [0.29, 0.717) is 21.9 Å². The van der Waals surface area contributed by atoms with Gasteiger partial charge in [-0.3, -0.25) is 5.41 Å². The molecular formula is C14H12ClFN2O. The molecule has 19 heavy (non-hydrogen) atoms. The van der Waals surface area contributed by atoms with Crippen molar-refractivity contribution in [2.75, 3.05) is 0 Å². The molecule has 2 aromatic rings. The van der Waals surface area contributed by atoms with E-state index in [1.165, 1.54) is 12.1 Å². The van der Waals surface area contributed by atoms with Gasteiger partial charge in [0.05, 0.1) is 5.02 Å². The first-order valence-electron chi connectivity index (χ1n) is 5.57. The fraction of sp³-hybridized carbons (Fsp3) is 0.0714. The van der Waals surface area contributed by atoms with E-state index in [-0.39, 0.29) is 12.4 Å². The van der Waals surface area contributed by atoms with Crippen LogP contribution in [-0.2, 0) is 6.61 Å². The topological polar surface area (TPSA) is 59.1 Å². The molecule has 2 rings (SSSR count). The largest absolute Gasteiger partial charge is 0.487 e. The summed E-state index contributed by atoms with van der Waals surface area (Å²) in [5.41, 5.74) is 6.26. The van der Waals surface area contributed by atoms with Crippen molar-refractivity contribution >= 4 is 17.4 Å². The summed E-state index contributed by atoms with van der Waals surface area (Å²) < 4.78 is 18.9.